The van der Waals surface area contributed by atoms with Crippen molar-refractivity contribution in [1.29, 1.82) is 0 Å². The molecule has 6 nitrogen and oxygen atoms in total. The Bertz CT molecular complexity index is 828. The van der Waals surface area contributed by atoms with Crippen LogP contribution in [-0.2, 0) is 6.61 Å². The predicted molar refractivity (Wildman–Crippen MR) is 107 cm³/mol. The van der Waals surface area contributed by atoms with E-state index in [4.69, 9.17) is 17.3 Å². The summed E-state index contributed by atoms with van der Waals surface area (Å²) in [6, 6.07) is 5.23. The average molecular weight is 378 g/mol. The molecule has 0 saturated heterocycles. The van der Waals surface area contributed by atoms with Crippen molar-refractivity contribution in [2.75, 3.05) is 17.7 Å². The maximum atomic E-state index is 9.24. The standard InChI is InChI=1S/C17H20ClN5OS/c1-10-16(25-17(20-3)22-10)15(19)6-7-21-11(2)23-13-4-5-14(18)12(8-13)9-24/h4-8,23-24H,2,9,19H2,1,3H3,(H,20,22)/b15-6-,21-7?. The number of aliphatic hydroxyl groups excluding tert-OH is 1. The molecule has 0 aliphatic carbocycles. The molecule has 0 amide bonds. The zero-order chi connectivity index (χ0) is 18.4. The first-order valence-corrected chi connectivity index (χ1v) is 8.64. The van der Waals surface area contributed by atoms with Gasteiger partial charge >= 0.3 is 0 Å². The number of allylic oxidation sites excluding steroid dienone is 1. The van der Waals surface area contributed by atoms with Crippen LogP contribution in [0.3, 0.4) is 0 Å². The molecule has 0 bridgehead atoms. The molecule has 0 spiro atoms. The molecule has 0 fully saturated rings. The second kappa shape index (κ2) is 8.66. The van der Waals surface area contributed by atoms with Crippen LogP contribution in [0.1, 0.15) is 16.1 Å². The van der Waals surface area contributed by atoms with E-state index in [9.17, 15) is 5.11 Å². The number of nitrogens with zero attached hydrogens (tertiary/aromatic N) is 2. The van der Waals surface area contributed by atoms with E-state index in [2.05, 4.69) is 27.2 Å². The van der Waals surface area contributed by atoms with Gasteiger partial charge < -0.3 is 21.5 Å². The first-order chi connectivity index (χ1) is 11.9. The van der Waals surface area contributed by atoms with Crippen LogP contribution in [0.4, 0.5) is 10.8 Å². The van der Waals surface area contributed by atoms with Crippen LogP contribution >= 0.6 is 22.9 Å². The SMILES string of the molecule is C=C(N=C/C=C(\N)c1sc(NC)nc1C)Nc1ccc(Cl)c(CO)c1. The normalized spacial score (nSPS) is 11.8. The quantitative estimate of drug-likeness (QED) is 0.553. The Labute approximate surface area is 155 Å². The molecule has 2 aromatic rings. The van der Waals surface area contributed by atoms with E-state index >= 15 is 0 Å². The zero-order valence-corrected chi connectivity index (χ0v) is 15.6. The van der Waals surface area contributed by atoms with Gasteiger partial charge in [0.2, 0.25) is 0 Å². The number of hydrogen-bond donors (Lipinski definition) is 4. The van der Waals surface area contributed by atoms with Gasteiger partial charge in [0, 0.05) is 24.0 Å². The van der Waals surface area contributed by atoms with Gasteiger partial charge in [-0.1, -0.05) is 29.5 Å². The predicted octanol–water partition coefficient (Wildman–Crippen LogP) is 3.59. The van der Waals surface area contributed by atoms with E-state index in [1.165, 1.54) is 11.3 Å². The number of aromatic nitrogens is 1. The number of nitrogens with two attached hydrogens (primary N) is 1. The van der Waals surface area contributed by atoms with E-state index in [0.717, 1.165) is 21.4 Å². The van der Waals surface area contributed by atoms with Gasteiger partial charge in [0.05, 0.1) is 22.9 Å². The maximum Gasteiger partial charge on any atom is 0.183 e. The van der Waals surface area contributed by atoms with Gasteiger partial charge in [0.1, 0.15) is 5.82 Å². The lowest BCUT2D eigenvalue weighted by atomic mass is 10.2. The highest BCUT2D eigenvalue weighted by atomic mass is 35.5. The molecule has 5 N–H and O–H groups in total. The Kier molecular flexibility index (Phi) is 6.58. The summed E-state index contributed by atoms with van der Waals surface area (Å²) in [4.78, 5) is 9.46. The molecule has 0 aliphatic heterocycles. The lowest BCUT2D eigenvalue weighted by Crippen LogP contribution is -1.98. The minimum Gasteiger partial charge on any atom is -0.397 e. The van der Waals surface area contributed by atoms with Crippen molar-refractivity contribution in [3.8, 4) is 0 Å². The van der Waals surface area contributed by atoms with Crippen molar-refractivity contribution in [2.24, 2.45) is 10.7 Å². The first-order valence-electron chi connectivity index (χ1n) is 7.45. The Morgan fingerprint density at radius 3 is 2.92 bits per heavy atom. The van der Waals surface area contributed by atoms with Crippen LogP contribution in [0.15, 0.2) is 41.7 Å². The summed E-state index contributed by atoms with van der Waals surface area (Å²) in [7, 11) is 1.82. The molecule has 25 heavy (non-hydrogen) atoms. The number of thiazole rings is 1. The fourth-order valence-corrected chi connectivity index (χ4v) is 3.06. The molecule has 0 atom stereocenters. The van der Waals surface area contributed by atoms with Crippen molar-refractivity contribution >= 4 is 45.7 Å². The van der Waals surface area contributed by atoms with Crippen molar-refractivity contribution in [3.05, 3.63) is 57.8 Å². The third kappa shape index (κ3) is 5.06. The highest BCUT2D eigenvalue weighted by molar-refractivity contribution is 7.16. The second-order valence-corrected chi connectivity index (χ2v) is 6.53. The first kappa shape index (κ1) is 19.0. The fourth-order valence-electron chi connectivity index (χ4n) is 2.03. The summed E-state index contributed by atoms with van der Waals surface area (Å²) >= 11 is 7.45. The number of benzene rings is 1. The summed E-state index contributed by atoms with van der Waals surface area (Å²) < 4.78 is 0. The van der Waals surface area contributed by atoms with Gasteiger partial charge in [0.25, 0.3) is 0 Å². The lowest BCUT2D eigenvalue weighted by Gasteiger charge is -2.07. The number of halogens is 1. The summed E-state index contributed by atoms with van der Waals surface area (Å²) in [6.45, 7) is 5.61. The lowest BCUT2D eigenvalue weighted by molar-refractivity contribution is 0.282. The molecule has 0 aliphatic rings. The number of rotatable bonds is 7. The summed E-state index contributed by atoms with van der Waals surface area (Å²) in [5, 5.41) is 16.6. The fraction of sp³-hybridized carbons (Fsp3) is 0.176. The van der Waals surface area contributed by atoms with Crippen LogP contribution in [0, 0.1) is 6.92 Å². The summed E-state index contributed by atoms with van der Waals surface area (Å²) in [5.74, 6) is 0.437. The van der Waals surface area contributed by atoms with Crippen LogP contribution < -0.4 is 16.4 Å². The molecular weight excluding hydrogens is 358 g/mol. The average Bonchev–Trinajstić information content (AvgIpc) is 2.97. The Morgan fingerprint density at radius 2 is 2.28 bits per heavy atom. The van der Waals surface area contributed by atoms with Crippen LogP contribution in [0.5, 0.6) is 0 Å². The van der Waals surface area contributed by atoms with Crippen molar-refractivity contribution in [3.63, 3.8) is 0 Å². The number of aliphatic hydroxyl groups is 1. The van der Waals surface area contributed by atoms with Crippen LogP contribution in [0.2, 0.25) is 5.02 Å². The van der Waals surface area contributed by atoms with Crippen LogP contribution in [-0.4, -0.2) is 23.4 Å². The topological polar surface area (TPSA) is 95.6 Å². The molecule has 1 aromatic heterocycles. The Hall–Kier alpha value is -2.35. The number of anilines is 2. The molecule has 0 radical (unpaired) electrons. The molecular formula is C17H20ClN5OS. The molecule has 0 unspecified atom stereocenters. The van der Waals surface area contributed by atoms with Crippen molar-refractivity contribution < 1.29 is 5.11 Å². The van der Waals surface area contributed by atoms with Gasteiger partial charge in [-0.2, -0.15) is 0 Å². The highest BCUT2D eigenvalue weighted by Crippen LogP contribution is 2.26. The monoisotopic (exact) mass is 377 g/mol. The van der Waals surface area contributed by atoms with E-state index in [0.29, 0.717) is 22.1 Å². The van der Waals surface area contributed by atoms with E-state index in [1.807, 2.05) is 14.0 Å². The number of hydrogen-bond acceptors (Lipinski definition) is 7. The number of aliphatic imine (C=N–C) groups is 1. The van der Waals surface area contributed by atoms with E-state index in [1.54, 1.807) is 30.5 Å². The van der Waals surface area contributed by atoms with Gasteiger partial charge in [-0.25, -0.2) is 9.98 Å². The van der Waals surface area contributed by atoms with Gasteiger partial charge in [0.15, 0.2) is 5.13 Å². The van der Waals surface area contributed by atoms with E-state index < -0.39 is 0 Å². The minimum atomic E-state index is -0.133. The molecule has 0 saturated carbocycles. The largest absolute Gasteiger partial charge is 0.397 e. The van der Waals surface area contributed by atoms with E-state index in [-0.39, 0.29) is 6.61 Å². The zero-order valence-electron chi connectivity index (χ0n) is 14.0. The van der Waals surface area contributed by atoms with Crippen molar-refractivity contribution in [1.82, 2.24) is 4.98 Å². The Morgan fingerprint density at radius 1 is 1.52 bits per heavy atom. The minimum absolute atomic E-state index is 0.133. The van der Waals surface area contributed by atoms with Crippen molar-refractivity contribution in [2.45, 2.75) is 13.5 Å². The third-order valence-electron chi connectivity index (χ3n) is 3.26. The number of aryl methyl sites for hydroxylation is 1. The van der Waals surface area contributed by atoms with Gasteiger partial charge in [-0.15, -0.1) is 0 Å². The molecule has 132 valence electrons. The Balaban J connectivity index is 2.03. The molecule has 1 aromatic carbocycles. The molecule has 2 rings (SSSR count). The molecule has 1 heterocycles. The van der Waals surface area contributed by atoms with Crippen LogP contribution in [0.25, 0.3) is 5.70 Å². The second-order valence-electron chi connectivity index (χ2n) is 5.12. The van der Waals surface area contributed by atoms with Gasteiger partial charge in [-0.05, 0) is 36.8 Å². The smallest absolute Gasteiger partial charge is 0.183 e. The van der Waals surface area contributed by atoms with Gasteiger partial charge in [-0.3, -0.25) is 0 Å². The third-order valence-corrected chi connectivity index (χ3v) is 4.85. The number of nitrogens with one attached hydrogen (secondary N) is 2. The summed E-state index contributed by atoms with van der Waals surface area (Å²) in [6.07, 6.45) is 3.28. The summed E-state index contributed by atoms with van der Waals surface area (Å²) in [5.41, 5.74) is 8.90. The molecule has 8 heteroatoms. The highest BCUT2D eigenvalue weighted by Gasteiger charge is 2.08. The maximum absolute atomic E-state index is 9.24.